The van der Waals surface area contributed by atoms with Crippen molar-refractivity contribution >= 4 is 8.58 Å². The third-order valence-electron chi connectivity index (χ3n) is 2.55. The van der Waals surface area contributed by atoms with E-state index in [9.17, 15) is 0 Å². The molecule has 0 aliphatic rings. The van der Waals surface area contributed by atoms with Crippen molar-refractivity contribution in [3.05, 3.63) is 60.7 Å². The van der Waals surface area contributed by atoms with Crippen molar-refractivity contribution in [2.45, 2.75) is 51.9 Å². The van der Waals surface area contributed by atoms with Gasteiger partial charge in [0.1, 0.15) is 0 Å². The Kier molecular flexibility index (Phi) is 6.62. The normalized spacial score (nSPS) is 11.5. The molecule has 0 saturated carbocycles. The smallest absolute Gasteiger partial charge is 0.0136 e. The Bertz CT molecular complexity index is 452. The number of benzene rings is 2. The van der Waals surface area contributed by atoms with Crippen molar-refractivity contribution in [2.24, 2.45) is 0 Å². The zero-order chi connectivity index (χ0) is 15.9. The van der Waals surface area contributed by atoms with Crippen LogP contribution in [-0.2, 0) is 0 Å². The van der Waals surface area contributed by atoms with E-state index in [0.717, 1.165) is 0 Å². The molecule has 0 unspecified atom stereocenters. The van der Waals surface area contributed by atoms with Crippen LogP contribution in [0.2, 0.25) is 0 Å². The van der Waals surface area contributed by atoms with E-state index in [1.807, 2.05) is 12.1 Å². The van der Waals surface area contributed by atoms with Gasteiger partial charge in [0.25, 0.3) is 0 Å². The average Bonchev–Trinajstić information content (AvgIpc) is 2.37. The van der Waals surface area contributed by atoms with E-state index in [-0.39, 0.29) is 0 Å². The van der Waals surface area contributed by atoms with Crippen LogP contribution in [0.3, 0.4) is 0 Å². The molecule has 0 atom stereocenters. The van der Waals surface area contributed by atoms with Crippen LogP contribution in [0.5, 0.6) is 0 Å². The van der Waals surface area contributed by atoms with Crippen molar-refractivity contribution in [2.75, 3.05) is 0 Å². The predicted molar refractivity (Wildman–Crippen MR) is 98.3 cm³/mol. The van der Waals surface area contributed by atoms with Crippen LogP contribution in [0.4, 0.5) is 0 Å². The molecular formula is C20H28P. The van der Waals surface area contributed by atoms with Gasteiger partial charge in [-0.05, 0) is 21.4 Å². The van der Waals surface area contributed by atoms with E-state index in [1.165, 1.54) is 19.7 Å². The summed E-state index contributed by atoms with van der Waals surface area (Å²) in [6, 6.07) is 20.8. The lowest BCUT2D eigenvalue weighted by Crippen LogP contribution is -2.16. The molecule has 0 bridgehead atoms. The molecule has 0 aromatic heterocycles. The van der Waals surface area contributed by atoms with Gasteiger partial charge in [-0.25, -0.2) is 0 Å². The molecule has 0 aliphatic heterocycles. The molecule has 0 nitrogen and oxygen atoms in total. The first-order valence-electron chi connectivity index (χ1n) is 7.52. The maximum atomic E-state index is 2.28. The van der Waals surface area contributed by atoms with Gasteiger partial charge in [-0.1, -0.05) is 111 Å². The summed E-state index contributed by atoms with van der Waals surface area (Å²) in [4.78, 5) is 0. The Morgan fingerprint density at radius 2 is 0.810 bits per heavy atom. The highest BCUT2D eigenvalue weighted by Gasteiger charge is 2.20. The maximum Gasteiger partial charge on any atom is -0.0136 e. The first-order chi connectivity index (χ1) is 9.67. The van der Waals surface area contributed by atoms with Crippen LogP contribution >= 0.6 is 8.58 Å². The first-order valence-corrected chi connectivity index (χ1v) is 8.41. The Morgan fingerprint density at radius 3 is 1.00 bits per heavy atom. The van der Waals surface area contributed by atoms with Crippen LogP contribution in [0.15, 0.2) is 60.7 Å². The summed E-state index contributed by atoms with van der Waals surface area (Å²) in [7, 11) is 1.53. The largest absolute Gasteiger partial charge is 0.0689 e. The lowest BCUT2D eigenvalue weighted by atomic mass is 10.1. The summed E-state index contributed by atoms with van der Waals surface area (Å²) < 4.78 is 0. The summed E-state index contributed by atoms with van der Waals surface area (Å²) in [5.41, 5.74) is 2.55. The minimum absolute atomic E-state index is 0.457. The minimum atomic E-state index is 0.457. The lowest BCUT2D eigenvalue weighted by Gasteiger charge is -2.27. The second kappa shape index (κ2) is 7.76. The van der Waals surface area contributed by atoms with E-state index in [4.69, 9.17) is 0 Å². The van der Waals surface area contributed by atoms with Crippen molar-refractivity contribution in [1.82, 2.24) is 0 Å². The first kappa shape index (κ1) is 17.9. The summed E-state index contributed by atoms with van der Waals surface area (Å²) in [6.07, 6.45) is 0. The van der Waals surface area contributed by atoms with E-state index in [2.05, 4.69) is 90.1 Å². The van der Waals surface area contributed by atoms with Crippen LogP contribution in [0.25, 0.3) is 11.1 Å². The Labute approximate surface area is 132 Å². The molecule has 0 aliphatic carbocycles. The molecular weight excluding hydrogens is 271 g/mol. The summed E-state index contributed by atoms with van der Waals surface area (Å²) >= 11 is 0. The molecule has 2 aromatic rings. The minimum Gasteiger partial charge on any atom is -0.0689 e. The molecule has 0 heterocycles. The highest BCUT2D eigenvalue weighted by atomic mass is 31.1. The molecule has 21 heavy (non-hydrogen) atoms. The van der Waals surface area contributed by atoms with Gasteiger partial charge in [-0.15, -0.1) is 0 Å². The zero-order valence-electron chi connectivity index (χ0n) is 14.2. The molecule has 0 saturated heterocycles. The van der Waals surface area contributed by atoms with Crippen molar-refractivity contribution in [3.63, 3.8) is 0 Å². The summed E-state index contributed by atoms with van der Waals surface area (Å²) in [5.74, 6) is 0. The Morgan fingerprint density at radius 1 is 0.524 bits per heavy atom. The zero-order valence-corrected chi connectivity index (χ0v) is 15.1. The Balaban J connectivity index is 0.000000222. The standard InChI is InChI=1S/C12H10.C8H18P/c1-3-7-11(8-4-1)12-9-5-2-6-10-12;1-7(2,3)9-8(4,5)6/h1-10H;1-6H3. The van der Waals surface area contributed by atoms with E-state index >= 15 is 0 Å². The number of hydrogen-bond donors (Lipinski definition) is 0. The van der Waals surface area contributed by atoms with Crippen LogP contribution < -0.4 is 0 Å². The molecule has 0 fully saturated rings. The fourth-order valence-corrected chi connectivity index (χ4v) is 4.28. The highest BCUT2D eigenvalue weighted by Crippen LogP contribution is 2.41. The molecule has 2 rings (SSSR count). The highest BCUT2D eigenvalue weighted by molar-refractivity contribution is 7.41. The quantitative estimate of drug-likeness (QED) is 0.503. The fourth-order valence-electron chi connectivity index (χ4n) is 2.27. The van der Waals surface area contributed by atoms with Gasteiger partial charge in [0.15, 0.2) is 0 Å². The summed E-state index contributed by atoms with van der Waals surface area (Å²) in [5, 5.41) is 0.913. The SMILES string of the molecule is CC(C)(C)[P]C(C)(C)C.c1ccc(-c2ccccc2)cc1. The molecule has 0 N–H and O–H groups in total. The maximum absolute atomic E-state index is 2.28. The van der Waals surface area contributed by atoms with Crippen molar-refractivity contribution in [1.29, 1.82) is 0 Å². The van der Waals surface area contributed by atoms with E-state index in [0.29, 0.717) is 10.3 Å². The van der Waals surface area contributed by atoms with Gasteiger partial charge in [0.05, 0.1) is 0 Å². The third kappa shape index (κ3) is 8.68. The van der Waals surface area contributed by atoms with Crippen molar-refractivity contribution in [3.8, 4) is 11.1 Å². The van der Waals surface area contributed by atoms with Crippen LogP contribution in [-0.4, -0.2) is 10.3 Å². The monoisotopic (exact) mass is 299 g/mol. The molecule has 1 radical (unpaired) electrons. The predicted octanol–water partition coefficient (Wildman–Crippen LogP) is 6.88. The van der Waals surface area contributed by atoms with Gasteiger partial charge < -0.3 is 0 Å². The average molecular weight is 299 g/mol. The van der Waals surface area contributed by atoms with Gasteiger partial charge >= 0.3 is 0 Å². The second-order valence-electron chi connectivity index (χ2n) is 7.19. The van der Waals surface area contributed by atoms with Gasteiger partial charge in [0.2, 0.25) is 0 Å². The van der Waals surface area contributed by atoms with E-state index < -0.39 is 0 Å². The Hall–Kier alpha value is -1.13. The van der Waals surface area contributed by atoms with Crippen LogP contribution in [0, 0.1) is 0 Å². The fraction of sp³-hybridized carbons (Fsp3) is 0.400. The van der Waals surface area contributed by atoms with Gasteiger partial charge in [-0.2, -0.15) is 0 Å². The molecule has 0 spiro atoms. The molecule has 1 heteroatoms. The van der Waals surface area contributed by atoms with Gasteiger partial charge in [-0.3, -0.25) is 0 Å². The molecule has 2 aromatic carbocycles. The molecule has 0 amide bonds. The summed E-state index contributed by atoms with van der Waals surface area (Å²) in [6.45, 7) is 13.7. The van der Waals surface area contributed by atoms with Crippen molar-refractivity contribution < 1.29 is 0 Å². The topological polar surface area (TPSA) is 0 Å². The lowest BCUT2D eigenvalue weighted by molar-refractivity contribution is 0.725. The van der Waals surface area contributed by atoms with E-state index in [1.54, 1.807) is 0 Å². The van der Waals surface area contributed by atoms with Gasteiger partial charge in [0, 0.05) is 0 Å². The molecule has 113 valence electrons. The third-order valence-corrected chi connectivity index (χ3v) is 3.89. The second-order valence-corrected chi connectivity index (χ2v) is 10.1. The van der Waals surface area contributed by atoms with Crippen LogP contribution in [0.1, 0.15) is 41.5 Å². The number of rotatable bonds is 1. The number of hydrogen-bond acceptors (Lipinski definition) is 0.